The van der Waals surface area contributed by atoms with E-state index < -0.39 is 0 Å². The lowest BCUT2D eigenvalue weighted by Crippen LogP contribution is -2.13. The third-order valence-electron chi connectivity index (χ3n) is 2.90. The van der Waals surface area contributed by atoms with Crippen LogP contribution in [0.4, 0.5) is 0 Å². The largest absolute Gasteiger partial charge is 0.151 e. The number of allylic oxidation sites excluding steroid dienone is 2. The van der Waals surface area contributed by atoms with Crippen LogP contribution in [0.2, 0.25) is 0 Å². The van der Waals surface area contributed by atoms with E-state index in [0.29, 0.717) is 5.25 Å². The lowest BCUT2D eigenvalue weighted by molar-refractivity contribution is 0.425. The summed E-state index contributed by atoms with van der Waals surface area (Å²) in [4.78, 5) is 0. The maximum atomic E-state index is 3.69. The normalized spacial score (nSPS) is 42.2. The minimum atomic E-state index is 0.702. The Morgan fingerprint density at radius 1 is 1.17 bits per heavy atom. The number of rotatable bonds is 2. The molecule has 1 heterocycles. The summed E-state index contributed by atoms with van der Waals surface area (Å²) in [5.41, 5.74) is 0. The highest BCUT2D eigenvalue weighted by Gasteiger charge is 2.34. The molecule has 0 aromatic rings. The van der Waals surface area contributed by atoms with Gasteiger partial charge in [-0.15, -0.1) is 0 Å². The highest BCUT2D eigenvalue weighted by molar-refractivity contribution is 8.00. The molecule has 1 aliphatic heterocycles. The fourth-order valence-corrected chi connectivity index (χ4v) is 3.30. The van der Waals surface area contributed by atoms with Crippen LogP contribution in [0.15, 0.2) is 24.8 Å². The minimum Gasteiger partial charge on any atom is -0.151 e. The lowest BCUT2D eigenvalue weighted by atomic mass is 9.91. The van der Waals surface area contributed by atoms with E-state index in [9.17, 15) is 0 Å². The molecule has 4 atom stereocenters. The van der Waals surface area contributed by atoms with Crippen molar-refractivity contribution in [3.63, 3.8) is 0 Å². The van der Waals surface area contributed by atoms with E-state index in [1.165, 1.54) is 0 Å². The summed E-state index contributed by atoms with van der Waals surface area (Å²) in [6.07, 6.45) is 6.21. The van der Waals surface area contributed by atoms with Gasteiger partial charge in [-0.25, -0.2) is 0 Å². The number of hydrogen-bond acceptors (Lipinski definition) is 1. The molecule has 0 spiro atoms. The van der Waals surface area contributed by atoms with Gasteiger partial charge >= 0.3 is 0 Å². The summed E-state index contributed by atoms with van der Waals surface area (Å²) < 4.78 is 0. The quantitative estimate of drug-likeness (QED) is 0.589. The zero-order chi connectivity index (χ0) is 9.14. The van der Waals surface area contributed by atoms with Gasteiger partial charge in [0.05, 0.1) is 0 Å². The summed E-state index contributed by atoms with van der Waals surface area (Å²) in [6.45, 7) is 10.7. The van der Waals surface area contributed by atoms with Gasteiger partial charge in [0, 0.05) is 10.5 Å². The summed E-state index contributed by atoms with van der Waals surface area (Å²) in [6, 6.07) is 0. The molecule has 0 N–H and O–H groups in total. The third kappa shape index (κ3) is 1.95. The highest BCUT2D eigenvalue weighted by atomic mass is 32.2. The zero-order valence-corrected chi connectivity index (χ0v) is 8.97. The number of hydrogen-bond donors (Lipinski definition) is 0. The van der Waals surface area contributed by atoms with Crippen LogP contribution >= 0.6 is 11.8 Å². The molecule has 0 radical (unpaired) electrons. The van der Waals surface area contributed by atoms with Crippen molar-refractivity contribution in [1.82, 2.24) is 0 Å². The molecule has 1 aliphatic rings. The molecule has 68 valence electrons. The molecule has 3 unspecified atom stereocenters. The predicted molar refractivity (Wildman–Crippen MR) is 58.5 cm³/mol. The Morgan fingerprint density at radius 2 is 1.83 bits per heavy atom. The van der Waals surface area contributed by atoms with E-state index in [-0.39, 0.29) is 0 Å². The maximum Gasteiger partial charge on any atom is 0.0261 e. The van der Waals surface area contributed by atoms with Crippen LogP contribution in [0.25, 0.3) is 0 Å². The van der Waals surface area contributed by atoms with Crippen molar-refractivity contribution in [3.05, 3.63) is 24.8 Å². The molecule has 1 saturated heterocycles. The molecule has 1 heteroatoms. The summed E-state index contributed by atoms with van der Waals surface area (Å²) in [5.74, 6) is 1.65. The molecule has 12 heavy (non-hydrogen) atoms. The van der Waals surface area contributed by atoms with Crippen LogP contribution in [0.5, 0.6) is 0 Å². The second-order valence-electron chi connectivity index (χ2n) is 3.64. The monoisotopic (exact) mass is 182 g/mol. The Bertz CT molecular complexity index is 183. The van der Waals surface area contributed by atoms with Crippen molar-refractivity contribution in [2.24, 2.45) is 11.8 Å². The third-order valence-corrected chi connectivity index (χ3v) is 4.66. The molecule has 0 bridgehead atoms. The van der Waals surface area contributed by atoms with Crippen molar-refractivity contribution in [3.8, 4) is 0 Å². The topological polar surface area (TPSA) is 0 Å². The molecule has 0 saturated carbocycles. The van der Waals surface area contributed by atoms with Crippen LogP contribution in [0, 0.1) is 11.8 Å². The Labute approximate surface area is 80.1 Å². The van der Waals surface area contributed by atoms with E-state index in [1.54, 1.807) is 0 Å². The zero-order valence-electron chi connectivity index (χ0n) is 8.16. The van der Waals surface area contributed by atoms with E-state index >= 15 is 0 Å². The van der Waals surface area contributed by atoms with Crippen molar-refractivity contribution >= 4 is 11.8 Å². The lowest BCUT2D eigenvalue weighted by Gasteiger charge is -2.13. The highest BCUT2D eigenvalue weighted by Crippen LogP contribution is 2.42. The fourth-order valence-electron chi connectivity index (χ4n) is 1.63. The first-order valence-corrected chi connectivity index (χ1v) is 5.55. The second-order valence-corrected chi connectivity index (χ2v) is 5.20. The molecule has 1 rings (SSSR count). The van der Waals surface area contributed by atoms with Crippen molar-refractivity contribution in [1.29, 1.82) is 0 Å². The van der Waals surface area contributed by atoms with Gasteiger partial charge in [0.15, 0.2) is 0 Å². The van der Waals surface area contributed by atoms with Gasteiger partial charge in [-0.2, -0.15) is 11.8 Å². The molecule has 0 aliphatic carbocycles. The van der Waals surface area contributed by atoms with Gasteiger partial charge in [0.25, 0.3) is 0 Å². The minimum absolute atomic E-state index is 0.702. The molecule has 0 nitrogen and oxygen atoms in total. The van der Waals surface area contributed by atoms with Crippen LogP contribution in [-0.2, 0) is 0 Å². The van der Waals surface area contributed by atoms with Gasteiger partial charge in [0.2, 0.25) is 0 Å². The van der Waals surface area contributed by atoms with Crippen molar-refractivity contribution in [2.75, 3.05) is 0 Å². The smallest absolute Gasteiger partial charge is 0.0261 e. The van der Waals surface area contributed by atoms with Crippen LogP contribution in [0.3, 0.4) is 0 Å². The standard InChI is InChI=1S/C11H18S/c1-5-6-7-11-9(3)8(2)10(4)12-11/h5-11H,1H2,2-4H3/b7-6-/t8-,9?,10?,11?/m1/s1. The van der Waals surface area contributed by atoms with Gasteiger partial charge in [-0.05, 0) is 11.8 Å². The first-order chi connectivity index (χ1) is 5.66. The first-order valence-electron chi connectivity index (χ1n) is 4.61. The van der Waals surface area contributed by atoms with Crippen molar-refractivity contribution in [2.45, 2.75) is 31.3 Å². The Balaban J connectivity index is 2.58. The van der Waals surface area contributed by atoms with Crippen LogP contribution < -0.4 is 0 Å². The number of thioether (sulfide) groups is 1. The molecule has 1 fully saturated rings. The summed E-state index contributed by atoms with van der Waals surface area (Å²) in [5, 5.41) is 1.51. The van der Waals surface area contributed by atoms with E-state index in [4.69, 9.17) is 0 Å². The van der Waals surface area contributed by atoms with Gasteiger partial charge in [0.1, 0.15) is 0 Å². The molecule has 0 aromatic carbocycles. The SMILES string of the molecule is C=C/C=C\C1SC(C)[C@H](C)C1C. The van der Waals surface area contributed by atoms with Crippen molar-refractivity contribution < 1.29 is 0 Å². The summed E-state index contributed by atoms with van der Waals surface area (Å²) in [7, 11) is 0. The average molecular weight is 182 g/mol. The van der Waals surface area contributed by atoms with Gasteiger partial charge in [-0.1, -0.05) is 45.6 Å². The predicted octanol–water partition coefficient (Wildman–Crippen LogP) is 3.50. The molecular weight excluding hydrogens is 164 g/mol. The fraction of sp³-hybridized carbons (Fsp3) is 0.636. The van der Waals surface area contributed by atoms with E-state index in [2.05, 4.69) is 51.3 Å². The molecule has 0 amide bonds. The van der Waals surface area contributed by atoms with Crippen LogP contribution in [-0.4, -0.2) is 10.5 Å². The van der Waals surface area contributed by atoms with Gasteiger partial charge < -0.3 is 0 Å². The Morgan fingerprint density at radius 3 is 2.25 bits per heavy atom. The van der Waals surface area contributed by atoms with E-state index in [0.717, 1.165) is 17.1 Å². The summed E-state index contributed by atoms with van der Waals surface area (Å²) >= 11 is 2.09. The maximum absolute atomic E-state index is 3.69. The molecular formula is C11H18S. The van der Waals surface area contributed by atoms with Gasteiger partial charge in [-0.3, -0.25) is 0 Å². The Kier molecular flexibility index (Phi) is 3.45. The Hall–Kier alpha value is -0.170. The average Bonchev–Trinajstić information content (AvgIpc) is 2.30. The van der Waals surface area contributed by atoms with Crippen LogP contribution in [0.1, 0.15) is 20.8 Å². The molecule has 0 aromatic heterocycles. The first kappa shape index (κ1) is 9.91. The van der Waals surface area contributed by atoms with E-state index in [1.807, 2.05) is 6.08 Å². The second kappa shape index (κ2) is 4.18.